The van der Waals surface area contributed by atoms with E-state index in [1.54, 1.807) is 37.5 Å². The number of nitrogens with two attached hydrogens (primary N) is 1. The third-order valence-electron chi connectivity index (χ3n) is 4.05. The van der Waals surface area contributed by atoms with Gasteiger partial charge in [0, 0.05) is 11.3 Å². The van der Waals surface area contributed by atoms with Gasteiger partial charge in [0.05, 0.1) is 7.11 Å². The Morgan fingerprint density at radius 3 is 2.41 bits per heavy atom. The van der Waals surface area contributed by atoms with E-state index in [0.29, 0.717) is 29.4 Å². The van der Waals surface area contributed by atoms with Crippen molar-refractivity contribution in [3.63, 3.8) is 0 Å². The van der Waals surface area contributed by atoms with Gasteiger partial charge in [-0.1, -0.05) is 42.5 Å². The quantitative estimate of drug-likeness (QED) is 0.376. The van der Waals surface area contributed by atoms with Gasteiger partial charge in [0.25, 0.3) is 0 Å². The highest BCUT2D eigenvalue weighted by Gasteiger charge is 2.06. The van der Waals surface area contributed by atoms with Gasteiger partial charge in [-0.25, -0.2) is 0 Å². The van der Waals surface area contributed by atoms with E-state index < -0.39 is 0 Å². The van der Waals surface area contributed by atoms with Crippen LogP contribution >= 0.6 is 0 Å². The van der Waals surface area contributed by atoms with Crippen LogP contribution in [-0.4, -0.2) is 12.9 Å². The van der Waals surface area contributed by atoms with Crippen LogP contribution in [0.2, 0.25) is 0 Å². The van der Waals surface area contributed by atoms with Gasteiger partial charge < -0.3 is 15.2 Å². The first kappa shape index (κ1) is 18.3. The maximum absolute atomic E-state index is 12.2. The van der Waals surface area contributed by atoms with Crippen molar-refractivity contribution < 1.29 is 14.3 Å². The summed E-state index contributed by atoms with van der Waals surface area (Å²) < 4.78 is 11.3. The molecule has 136 valence electrons. The summed E-state index contributed by atoms with van der Waals surface area (Å²) in [5, 5.41) is 0. The lowest BCUT2D eigenvalue weighted by atomic mass is 10.1. The van der Waals surface area contributed by atoms with Crippen LogP contribution in [0.4, 0.5) is 5.69 Å². The zero-order valence-electron chi connectivity index (χ0n) is 15.1. The van der Waals surface area contributed by atoms with Crippen molar-refractivity contribution in [1.82, 2.24) is 0 Å². The minimum atomic E-state index is -0.0848. The number of nitrogen functional groups attached to an aromatic ring is 1. The number of benzene rings is 3. The van der Waals surface area contributed by atoms with E-state index in [4.69, 9.17) is 15.2 Å². The summed E-state index contributed by atoms with van der Waals surface area (Å²) in [5.74, 6) is 1.19. The molecule has 0 atom stereocenters. The smallest absolute Gasteiger partial charge is 0.185 e. The van der Waals surface area contributed by atoms with Gasteiger partial charge >= 0.3 is 0 Å². The number of hydrogen-bond acceptors (Lipinski definition) is 4. The molecule has 27 heavy (non-hydrogen) atoms. The Labute approximate surface area is 158 Å². The minimum absolute atomic E-state index is 0.0848. The Morgan fingerprint density at radius 1 is 0.963 bits per heavy atom. The summed E-state index contributed by atoms with van der Waals surface area (Å²) in [4.78, 5) is 12.2. The molecule has 4 heteroatoms. The molecule has 0 unspecified atom stereocenters. The second kappa shape index (κ2) is 8.72. The van der Waals surface area contributed by atoms with Crippen molar-refractivity contribution in [3.8, 4) is 11.5 Å². The molecule has 4 nitrogen and oxygen atoms in total. The molecule has 0 saturated heterocycles. The number of hydrogen-bond donors (Lipinski definition) is 1. The normalized spacial score (nSPS) is 10.7. The van der Waals surface area contributed by atoms with Crippen LogP contribution in [-0.2, 0) is 6.61 Å². The zero-order chi connectivity index (χ0) is 19.1. The van der Waals surface area contributed by atoms with E-state index in [9.17, 15) is 4.79 Å². The largest absolute Gasteiger partial charge is 0.493 e. The summed E-state index contributed by atoms with van der Waals surface area (Å²) in [6.07, 6.45) is 3.28. The molecule has 0 aliphatic heterocycles. The summed E-state index contributed by atoms with van der Waals surface area (Å²) >= 11 is 0. The molecule has 0 radical (unpaired) electrons. The Kier molecular flexibility index (Phi) is 5.90. The zero-order valence-corrected chi connectivity index (χ0v) is 15.1. The SMILES string of the molecule is COc1cc(C=CC(=O)c2ccc(N)cc2)ccc1OCc1ccccc1. The average molecular weight is 359 g/mol. The molecule has 0 spiro atoms. The van der Waals surface area contributed by atoms with Crippen molar-refractivity contribution in [1.29, 1.82) is 0 Å². The van der Waals surface area contributed by atoms with Gasteiger partial charge in [0.2, 0.25) is 0 Å². The number of anilines is 1. The lowest BCUT2D eigenvalue weighted by molar-refractivity contribution is 0.104. The number of allylic oxidation sites excluding steroid dienone is 1. The van der Waals surface area contributed by atoms with Crippen LogP contribution in [0.15, 0.2) is 78.9 Å². The van der Waals surface area contributed by atoms with Gasteiger partial charge in [-0.05, 0) is 53.6 Å². The third kappa shape index (κ3) is 4.98. The monoisotopic (exact) mass is 359 g/mol. The van der Waals surface area contributed by atoms with E-state index >= 15 is 0 Å². The molecule has 0 aliphatic rings. The van der Waals surface area contributed by atoms with E-state index in [1.165, 1.54) is 6.08 Å². The molecule has 0 heterocycles. The summed E-state index contributed by atoms with van der Waals surface area (Å²) in [7, 11) is 1.59. The molecular formula is C23H21NO3. The van der Waals surface area contributed by atoms with Crippen LogP contribution in [0.5, 0.6) is 11.5 Å². The number of carbonyl (C=O) groups is 1. The number of methoxy groups -OCH3 is 1. The second-order valence-electron chi connectivity index (χ2n) is 6.00. The lowest BCUT2D eigenvalue weighted by Crippen LogP contribution is -1.98. The number of ether oxygens (including phenoxy) is 2. The molecule has 0 aliphatic carbocycles. The van der Waals surface area contributed by atoms with Crippen molar-refractivity contribution in [2.75, 3.05) is 12.8 Å². The van der Waals surface area contributed by atoms with E-state index in [-0.39, 0.29) is 5.78 Å². The molecule has 3 aromatic carbocycles. The van der Waals surface area contributed by atoms with Gasteiger partial charge in [0.15, 0.2) is 17.3 Å². The third-order valence-corrected chi connectivity index (χ3v) is 4.05. The highest BCUT2D eigenvalue weighted by Crippen LogP contribution is 2.29. The predicted molar refractivity (Wildman–Crippen MR) is 108 cm³/mol. The molecule has 0 saturated carbocycles. The Balaban J connectivity index is 1.69. The Hall–Kier alpha value is -3.53. The maximum Gasteiger partial charge on any atom is 0.185 e. The van der Waals surface area contributed by atoms with Crippen molar-refractivity contribution in [3.05, 3.63) is 95.6 Å². The average Bonchev–Trinajstić information content (AvgIpc) is 2.72. The highest BCUT2D eigenvalue weighted by atomic mass is 16.5. The first-order valence-corrected chi connectivity index (χ1v) is 8.58. The van der Waals surface area contributed by atoms with Gasteiger partial charge in [-0.2, -0.15) is 0 Å². The molecule has 0 fully saturated rings. The fourth-order valence-corrected chi connectivity index (χ4v) is 2.56. The van der Waals surface area contributed by atoms with E-state index in [0.717, 1.165) is 11.1 Å². The number of carbonyl (C=O) groups excluding carboxylic acids is 1. The second-order valence-corrected chi connectivity index (χ2v) is 6.00. The van der Waals surface area contributed by atoms with Crippen LogP contribution in [0.1, 0.15) is 21.5 Å². The molecular weight excluding hydrogens is 338 g/mol. The van der Waals surface area contributed by atoms with Gasteiger partial charge in [-0.15, -0.1) is 0 Å². The van der Waals surface area contributed by atoms with Crippen molar-refractivity contribution >= 4 is 17.5 Å². The maximum atomic E-state index is 12.2. The summed E-state index contributed by atoms with van der Waals surface area (Å²) in [6, 6.07) is 22.3. The topological polar surface area (TPSA) is 61.5 Å². The molecule has 3 rings (SSSR count). The standard InChI is InChI=1S/C23H21NO3/c1-26-23-15-17(7-13-21(25)19-9-11-20(24)12-10-19)8-14-22(23)27-16-18-5-3-2-4-6-18/h2-15H,16,24H2,1H3. The fraction of sp³-hybridized carbons (Fsp3) is 0.0870. The molecule has 0 aromatic heterocycles. The number of ketones is 1. The summed E-state index contributed by atoms with van der Waals surface area (Å²) in [6.45, 7) is 0.460. The summed E-state index contributed by atoms with van der Waals surface area (Å²) in [5.41, 5.74) is 8.80. The van der Waals surface area contributed by atoms with Crippen LogP contribution in [0.3, 0.4) is 0 Å². The first-order valence-electron chi connectivity index (χ1n) is 8.58. The van der Waals surface area contributed by atoms with Crippen LogP contribution in [0.25, 0.3) is 6.08 Å². The predicted octanol–water partition coefficient (Wildman–Crippen LogP) is 4.75. The van der Waals surface area contributed by atoms with E-state index in [1.807, 2.05) is 48.5 Å². The van der Waals surface area contributed by atoms with E-state index in [2.05, 4.69) is 0 Å². The van der Waals surface area contributed by atoms with Gasteiger partial charge in [0.1, 0.15) is 6.61 Å². The molecule has 0 amide bonds. The Bertz CT molecular complexity index is 932. The minimum Gasteiger partial charge on any atom is -0.493 e. The molecule has 3 aromatic rings. The molecule has 2 N–H and O–H groups in total. The van der Waals surface area contributed by atoms with Crippen molar-refractivity contribution in [2.45, 2.75) is 6.61 Å². The van der Waals surface area contributed by atoms with Gasteiger partial charge in [-0.3, -0.25) is 4.79 Å². The van der Waals surface area contributed by atoms with Crippen molar-refractivity contribution in [2.24, 2.45) is 0 Å². The van der Waals surface area contributed by atoms with Crippen LogP contribution in [0, 0.1) is 0 Å². The first-order chi connectivity index (χ1) is 13.2. The number of rotatable bonds is 7. The van der Waals surface area contributed by atoms with Crippen LogP contribution < -0.4 is 15.2 Å². The highest BCUT2D eigenvalue weighted by molar-refractivity contribution is 6.06. The lowest BCUT2D eigenvalue weighted by Gasteiger charge is -2.11. The molecule has 0 bridgehead atoms. The Morgan fingerprint density at radius 2 is 1.70 bits per heavy atom. The fourth-order valence-electron chi connectivity index (χ4n) is 2.56.